The molecular formula is C13H25NO2. The molecule has 1 saturated heterocycles. The van der Waals surface area contributed by atoms with Gasteiger partial charge < -0.3 is 15.2 Å². The van der Waals surface area contributed by atoms with E-state index in [4.69, 9.17) is 4.74 Å². The highest BCUT2D eigenvalue weighted by Gasteiger charge is 2.26. The lowest BCUT2D eigenvalue weighted by atomic mass is 9.97. The van der Waals surface area contributed by atoms with Crippen molar-refractivity contribution < 1.29 is 9.84 Å². The minimum atomic E-state index is 0.367. The molecule has 0 spiro atoms. The molecule has 1 aliphatic carbocycles. The van der Waals surface area contributed by atoms with Gasteiger partial charge in [-0.2, -0.15) is 0 Å². The van der Waals surface area contributed by atoms with Gasteiger partial charge in [-0.05, 0) is 50.5 Å². The average Bonchev–Trinajstić information content (AvgIpc) is 2.78. The lowest BCUT2D eigenvalue weighted by molar-refractivity contribution is 0.0161. The van der Waals surface area contributed by atoms with Crippen LogP contribution in [0.25, 0.3) is 0 Å². The van der Waals surface area contributed by atoms with E-state index < -0.39 is 0 Å². The zero-order chi connectivity index (χ0) is 11.2. The van der Waals surface area contributed by atoms with Crippen molar-refractivity contribution in [1.29, 1.82) is 0 Å². The Balaban J connectivity index is 1.59. The second-order valence-corrected chi connectivity index (χ2v) is 5.28. The number of aliphatic hydroxyl groups excluding tert-OH is 1. The molecule has 16 heavy (non-hydrogen) atoms. The van der Waals surface area contributed by atoms with E-state index in [9.17, 15) is 5.11 Å². The number of rotatable bonds is 5. The predicted octanol–water partition coefficient (Wildman–Crippen LogP) is 1.55. The number of hydrogen-bond donors (Lipinski definition) is 2. The summed E-state index contributed by atoms with van der Waals surface area (Å²) in [6.07, 6.45) is 7.97. The molecule has 3 atom stereocenters. The van der Waals surface area contributed by atoms with E-state index in [1.165, 1.54) is 38.5 Å². The van der Waals surface area contributed by atoms with Gasteiger partial charge in [0, 0.05) is 19.8 Å². The molecule has 1 heterocycles. The molecule has 0 aromatic rings. The van der Waals surface area contributed by atoms with E-state index in [0.717, 1.165) is 19.7 Å². The summed E-state index contributed by atoms with van der Waals surface area (Å²) in [7, 11) is 0. The maximum atomic E-state index is 9.23. The van der Waals surface area contributed by atoms with Crippen molar-refractivity contribution in [2.24, 2.45) is 11.8 Å². The summed E-state index contributed by atoms with van der Waals surface area (Å²) in [5.41, 5.74) is 0. The number of aliphatic hydroxyl groups is 1. The minimum Gasteiger partial charge on any atom is -0.396 e. The summed E-state index contributed by atoms with van der Waals surface area (Å²) in [5.74, 6) is 1.23. The van der Waals surface area contributed by atoms with Crippen LogP contribution in [-0.2, 0) is 4.74 Å². The second kappa shape index (κ2) is 6.58. The van der Waals surface area contributed by atoms with Crippen molar-refractivity contribution in [3.63, 3.8) is 0 Å². The van der Waals surface area contributed by atoms with Crippen molar-refractivity contribution in [1.82, 2.24) is 5.32 Å². The first kappa shape index (κ1) is 12.3. The van der Waals surface area contributed by atoms with Crippen LogP contribution in [0.3, 0.4) is 0 Å². The smallest absolute Gasteiger partial charge is 0.0699 e. The third-order valence-corrected chi connectivity index (χ3v) is 4.10. The molecule has 2 N–H and O–H groups in total. The van der Waals surface area contributed by atoms with Crippen LogP contribution in [0.4, 0.5) is 0 Å². The van der Waals surface area contributed by atoms with E-state index in [0.29, 0.717) is 24.5 Å². The SMILES string of the molecule is OCC1CCCC1CNCC1CCCCO1. The van der Waals surface area contributed by atoms with Gasteiger partial charge in [0.25, 0.3) is 0 Å². The van der Waals surface area contributed by atoms with Crippen LogP contribution in [0, 0.1) is 11.8 Å². The Kier molecular flexibility index (Phi) is 5.07. The lowest BCUT2D eigenvalue weighted by Gasteiger charge is -2.24. The van der Waals surface area contributed by atoms with Gasteiger partial charge >= 0.3 is 0 Å². The Bertz CT molecular complexity index is 192. The van der Waals surface area contributed by atoms with Gasteiger partial charge in [0.15, 0.2) is 0 Å². The first-order valence-corrected chi connectivity index (χ1v) is 6.83. The van der Waals surface area contributed by atoms with Crippen LogP contribution < -0.4 is 5.32 Å². The van der Waals surface area contributed by atoms with Gasteiger partial charge in [0.05, 0.1) is 6.10 Å². The molecule has 2 rings (SSSR count). The maximum Gasteiger partial charge on any atom is 0.0699 e. The van der Waals surface area contributed by atoms with E-state index >= 15 is 0 Å². The van der Waals surface area contributed by atoms with Crippen molar-refractivity contribution in [2.45, 2.75) is 44.6 Å². The Labute approximate surface area is 98.6 Å². The molecule has 0 amide bonds. The lowest BCUT2D eigenvalue weighted by Crippen LogP contribution is -2.35. The molecule has 0 aromatic carbocycles. The van der Waals surface area contributed by atoms with Crippen LogP contribution in [0.5, 0.6) is 0 Å². The van der Waals surface area contributed by atoms with Crippen LogP contribution in [0.1, 0.15) is 38.5 Å². The fourth-order valence-electron chi connectivity index (χ4n) is 3.02. The monoisotopic (exact) mass is 227 g/mol. The topological polar surface area (TPSA) is 41.5 Å². The Morgan fingerprint density at radius 2 is 1.88 bits per heavy atom. The molecule has 1 aliphatic heterocycles. The third kappa shape index (κ3) is 3.44. The standard InChI is InChI=1S/C13H25NO2/c15-10-12-5-3-4-11(12)8-14-9-13-6-1-2-7-16-13/h11-15H,1-10H2. The van der Waals surface area contributed by atoms with Crippen LogP contribution in [0.15, 0.2) is 0 Å². The number of hydrogen-bond acceptors (Lipinski definition) is 3. The number of ether oxygens (including phenoxy) is 1. The number of nitrogens with one attached hydrogen (secondary N) is 1. The first-order chi connectivity index (χ1) is 7.90. The largest absolute Gasteiger partial charge is 0.396 e. The van der Waals surface area contributed by atoms with E-state index in [1.54, 1.807) is 0 Å². The fourth-order valence-corrected chi connectivity index (χ4v) is 3.02. The zero-order valence-corrected chi connectivity index (χ0v) is 10.2. The summed E-state index contributed by atoms with van der Waals surface area (Å²) in [6.45, 7) is 3.36. The zero-order valence-electron chi connectivity index (χ0n) is 10.2. The maximum absolute atomic E-state index is 9.23. The highest BCUT2D eigenvalue weighted by molar-refractivity contribution is 4.79. The fraction of sp³-hybridized carbons (Fsp3) is 1.00. The minimum absolute atomic E-state index is 0.367. The molecular weight excluding hydrogens is 202 g/mol. The summed E-state index contributed by atoms with van der Waals surface area (Å²) in [6, 6.07) is 0. The Morgan fingerprint density at radius 1 is 1.00 bits per heavy atom. The van der Waals surface area contributed by atoms with Gasteiger partial charge in [-0.25, -0.2) is 0 Å². The molecule has 2 fully saturated rings. The van der Waals surface area contributed by atoms with Gasteiger partial charge in [-0.15, -0.1) is 0 Å². The van der Waals surface area contributed by atoms with Crippen molar-refractivity contribution in [3.8, 4) is 0 Å². The Morgan fingerprint density at radius 3 is 2.62 bits per heavy atom. The molecule has 3 unspecified atom stereocenters. The summed E-state index contributed by atoms with van der Waals surface area (Å²) < 4.78 is 5.68. The summed E-state index contributed by atoms with van der Waals surface area (Å²) in [5, 5.41) is 12.8. The van der Waals surface area contributed by atoms with Gasteiger partial charge in [-0.3, -0.25) is 0 Å². The molecule has 0 bridgehead atoms. The van der Waals surface area contributed by atoms with Gasteiger partial charge in [0.2, 0.25) is 0 Å². The van der Waals surface area contributed by atoms with Crippen LogP contribution in [0.2, 0.25) is 0 Å². The van der Waals surface area contributed by atoms with Crippen molar-refractivity contribution in [3.05, 3.63) is 0 Å². The van der Waals surface area contributed by atoms with Gasteiger partial charge in [0.1, 0.15) is 0 Å². The van der Waals surface area contributed by atoms with E-state index in [1.807, 2.05) is 0 Å². The summed E-state index contributed by atoms with van der Waals surface area (Å²) in [4.78, 5) is 0. The third-order valence-electron chi connectivity index (χ3n) is 4.10. The van der Waals surface area contributed by atoms with Crippen molar-refractivity contribution >= 4 is 0 Å². The highest BCUT2D eigenvalue weighted by Crippen LogP contribution is 2.30. The van der Waals surface area contributed by atoms with Crippen molar-refractivity contribution in [2.75, 3.05) is 26.3 Å². The predicted molar refractivity (Wildman–Crippen MR) is 64.4 cm³/mol. The second-order valence-electron chi connectivity index (χ2n) is 5.28. The molecule has 3 heteroatoms. The van der Waals surface area contributed by atoms with E-state index in [2.05, 4.69) is 5.32 Å². The molecule has 94 valence electrons. The first-order valence-electron chi connectivity index (χ1n) is 6.83. The normalized spacial score (nSPS) is 35.4. The van der Waals surface area contributed by atoms with Crippen LogP contribution >= 0.6 is 0 Å². The molecule has 3 nitrogen and oxygen atoms in total. The molecule has 2 aliphatic rings. The molecule has 0 aromatic heterocycles. The Hall–Kier alpha value is -0.120. The average molecular weight is 227 g/mol. The summed E-state index contributed by atoms with van der Waals surface area (Å²) >= 11 is 0. The van der Waals surface area contributed by atoms with Crippen LogP contribution in [-0.4, -0.2) is 37.5 Å². The quantitative estimate of drug-likeness (QED) is 0.749. The highest BCUT2D eigenvalue weighted by atomic mass is 16.5. The molecule has 0 radical (unpaired) electrons. The van der Waals surface area contributed by atoms with Gasteiger partial charge in [-0.1, -0.05) is 6.42 Å². The molecule has 1 saturated carbocycles. The van der Waals surface area contributed by atoms with E-state index in [-0.39, 0.29) is 0 Å².